The molecule has 0 aliphatic heterocycles. The van der Waals surface area contributed by atoms with Gasteiger partial charge in [0.05, 0.1) is 0 Å². The highest BCUT2D eigenvalue weighted by Crippen LogP contribution is 2.30. The first kappa shape index (κ1) is 13.6. The summed E-state index contributed by atoms with van der Waals surface area (Å²) in [6.07, 6.45) is 6.25. The summed E-state index contributed by atoms with van der Waals surface area (Å²) in [7, 11) is 1.96. The number of carboxylic acid groups (broad SMARTS) is 1. The average Bonchev–Trinajstić information content (AvgIpc) is 2.31. The Morgan fingerprint density at radius 2 is 2.26 bits per heavy atom. The van der Waals surface area contributed by atoms with Gasteiger partial charge in [-0.05, 0) is 43.0 Å². The molecule has 1 aromatic carbocycles. The average molecular weight is 263 g/mol. The van der Waals surface area contributed by atoms with Crippen LogP contribution in [0.2, 0.25) is 0 Å². The second-order valence-electron chi connectivity index (χ2n) is 5.05. The summed E-state index contributed by atoms with van der Waals surface area (Å²) in [6, 6.07) is 4.48. The van der Waals surface area contributed by atoms with Crippen LogP contribution in [0.1, 0.15) is 24.8 Å². The molecule has 4 heteroatoms. The van der Waals surface area contributed by atoms with Gasteiger partial charge < -0.3 is 10.0 Å². The first-order valence-electron chi connectivity index (χ1n) is 6.48. The molecule has 1 N–H and O–H groups in total. The van der Waals surface area contributed by atoms with Crippen LogP contribution in [0, 0.1) is 11.7 Å². The smallest absolute Gasteiger partial charge is 0.328 e. The maximum Gasteiger partial charge on any atom is 0.328 e. The Morgan fingerprint density at radius 3 is 2.84 bits per heavy atom. The standard InChI is InChI=1S/C15H18FNO2/c1-17(10-11-3-2-4-11)14-7-6-13(16)9-12(14)5-8-15(18)19/h5-9,11H,2-4,10H2,1H3,(H,18,19). The van der Waals surface area contributed by atoms with Crippen molar-refractivity contribution in [1.82, 2.24) is 0 Å². The molecule has 0 heterocycles. The van der Waals surface area contributed by atoms with Crippen LogP contribution in [0.4, 0.5) is 10.1 Å². The fourth-order valence-electron chi connectivity index (χ4n) is 2.33. The Bertz CT molecular complexity index is 495. The van der Waals surface area contributed by atoms with E-state index in [0.717, 1.165) is 18.3 Å². The molecule has 1 aliphatic rings. The number of benzene rings is 1. The summed E-state index contributed by atoms with van der Waals surface area (Å²) in [5.74, 6) is -0.686. The molecule has 2 rings (SSSR count). The van der Waals surface area contributed by atoms with Gasteiger partial charge in [0.2, 0.25) is 0 Å². The topological polar surface area (TPSA) is 40.5 Å². The van der Waals surface area contributed by atoms with Gasteiger partial charge in [-0.3, -0.25) is 0 Å². The van der Waals surface area contributed by atoms with Crippen LogP contribution >= 0.6 is 0 Å². The highest BCUT2D eigenvalue weighted by atomic mass is 19.1. The van der Waals surface area contributed by atoms with Crippen LogP contribution in [-0.2, 0) is 4.79 Å². The molecule has 19 heavy (non-hydrogen) atoms. The molecule has 102 valence electrons. The van der Waals surface area contributed by atoms with Crippen LogP contribution < -0.4 is 4.90 Å². The van der Waals surface area contributed by atoms with E-state index in [1.54, 1.807) is 6.07 Å². The van der Waals surface area contributed by atoms with E-state index in [4.69, 9.17) is 5.11 Å². The summed E-state index contributed by atoms with van der Waals surface area (Å²) in [5.41, 5.74) is 1.47. The lowest BCUT2D eigenvalue weighted by Gasteiger charge is -2.32. The Labute approximate surface area is 112 Å². The highest BCUT2D eigenvalue weighted by Gasteiger charge is 2.20. The zero-order valence-corrected chi connectivity index (χ0v) is 11.0. The third kappa shape index (κ3) is 3.56. The van der Waals surface area contributed by atoms with Crippen LogP contribution in [0.15, 0.2) is 24.3 Å². The Balaban J connectivity index is 2.19. The molecule has 0 atom stereocenters. The van der Waals surface area contributed by atoms with E-state index in [1.165, 1.54) is 37.5 Å². The molecule has 0 bridgehead atoms. The first-order valence-corrected chi connectivity index (χ1v) is 6.48. The van der Waals surface area contributed by atoms with E-state index >= 15 is 0 Å². The van der Waals surface area contributed by atoms with Crippen molar-refractivity contribution in [3.63, 3.8) is 0 Å². The summed E-state index contributed by atoms with van der Waals surface area (Å²) in [5, 5.41) is 8.67. The van der Waals surface area contributed by atoms with E-state index in [2.05, 4.69) is 4.90 Å². The van der Waals surface area contributed by atoms with Crippen molar-refractivity contribution in [1.29, 1.82) is 0 Å². The van der Waals surface area contributed by atoms with Crippen molar-refractivity contribution in [2.24, 2.45) is 5.92 Å². The van der Waals surface area contributed by atoms with Gasteiger partial charge >= 0.3 is 5.97 Å². The number of anilines is 1. The summed E-state index contributed by atoms with van der Waals surface area (Å²) in [6.45, 7) is 0.930. The van der Waals surface area contributed by atoms with Gasteiger partial charge in [-0.25, -0.2) is 9.18 Å². The molecule has 3 nitrogen and oxygen atoms in total. The number of carboxylic acids is 1. The number of hydrogen-bond acceptors (Lipinski definition) is 2. The molecule has 1 saturated carbocycles. The SMILES string of the molecule is CN(CC1CCC1)c1ccc(F)cc1C=CC(=O)O. The molecule has 0 spiro atoms. The monoisotopic (exact) mass is 263 g/mol. The minimum atomic E-state index is -1.03. The highest BCUT2D eigenvalue weighted by molar-refractivity contribution is 5.87. The lowest BCUT2D eigenvalue weighted by Crippen LogP contribution is -2.29. The van der Waals surface area contributed by atoms with Gasteiger partial charge in [0.15, 0.2) is 0 Å². The molecule has 0 radical (unpaired) electrons. The largest absolute Gasteiger partial charge is 0.478 e. The second kappa shape index (κ2) is 5.87. The molecule has 1 aliphatic carbocycles. The predicted octanol–water partition coefficient (Wildman–Crippen LogP) is 3.16. The first-order chi connectivity index (χ1) is 9.06. The van der Waals surface area contributed by atoms with Gasteiger partial charge in [0, 0.05) is 30.9 Å². The molecule has 0 saturated heterocycles. The van der Waals surface area contributed by atoms with Gasteiger partial charge in [-0.1, -0.05) is 6.42 Å². The van der Waals surface area contributed by atoms with Crippen molar-refractivity contribution in [3.8, 4) is 0 Å². The van der Waals surface area contributed by atoms with Crippen molar-refractivity contribution in [2.45, 2.75) is 19.3 Å². The van der Waals surface area contributed by atoms with Crippen molar-refractivity contribution in [3.05, 3.63) is 35.7 Å². The maximum absolute atomic E-state index is 13.3. The maximum atomic E-state index is 13.3. The molecule has 0 aromatic heterocycles. The molecule has 0 unspecified atom stereocenters. The van der Waals surface area contributed by atoms with Crippen molar-refractivity contribution >= 4 is 17.7 Å². The number of carbonyl (C=O) groups is 1. The number of rotatable bonds is 5. The summed E-state index contributed by atoms with van der Waals surface area (Å²) in [4.78, 5) is 12.7. The van der Waals surface area contributed by atoms with Crippen LogP contribution in [0.25, 0.3) is 6.08 Å². The predicted molar refractivity (Wildman–Crippen MR) is 73.7 cm³/mol. The lowest BCUT2D eigenvalue weighted by molar-refractivity contribution is -0.131. The van der Waals surface area contributed by atoms with Gasteiger partial charge in [0.1, 0.15) is 5.82 Å². The molecule has 1 fully saturated rings. The van der Waals surface area contributed by atoms with Crippen LogP contribution in [-0.4, -0.2) is 24.7 Å². The second-order valence-corrected chi connectivity index (χ2v) is 5.05. The van der Waals surface area contributed by atoms with E-state index in [1.807, 2.05) is 7.05 Å². The number of halogens is 1. The summed E-state index contributed by atoms with van der Waals surface area (Å²) < 4.78 is 13.3. The van der Waals surface area contributed by atoms with Gasteiger partial charge in [-0.2, -0.15) is 0 Å². The fourth-order valence-corrected chi connectivity index (χ4v) is 2.33. The molecule has 1 aromatic rings. The molecular formula is C15H18FNO2. The number of aliphatic carboxylic acids is 1. The van der Waals surface area contributed by atoms with Crippen molar-refractivity contribution < 1.29 is 14.3 Å². The van der Waals surface area contributed by atoms with Crippen LogP contribution in [0.3, 0.4) is 0 Å². The van der Waals surface area contributed by atoms with E-state index in [0.29, 0.717) is 11.5 Å². The number of nitrogens with zero attached hydrogens (tertiary/aromatic N) is 1. The van der Waals surface area contributed by atoms with Gasteiger partial charge in [-0.15, -0.1) is 0 Å². The molecule has 0 amide bonds. The number of hydrogen-bond donors (Lipinski definition) is 1. The van der Waals surface area contributed by atoms with Gasteiger partial charge in [0.25, 0.3) is 0 Å². The zero-order chi connectivity index (χ0) is 13.8. The quantitative estimate of drug-likeness (QED) is 0.830. The van der Waals surface area contributed by atoms with E-state index in [-0.39, 0.29) is 5.82 Å². The Morgan fingerprint density at radius 1 is 1.53 bits per heavy atom. The normalized spacial score (nSPS) is 15.5. The molecular weight excluding hydrogens is 245 g/mol. The van der Waals surface area contributed by atoms with Crippen LogP contribution in [0.5, 0.6) is 0 Å². The summed E-state index contributed by atoms with van der Waals surface area (Å²) >= 11 is 0. The minimum absolute atomic E-state index is 0.356. The third-order valence-electron chi connectivity index (χ3n) is 3.56. The minimum Gasteiger partial charge on any atom is -0.478 e. The Kier molecular flexibility index (Phi) is 4.20. The van der Waals surface area contributed by atoms with Crippen molar-refractivity contribution in [2.75, 3.05) is 18.5 Å². The Hall–Kier alpha value is -1.84. The third-order valence-corrected chi connectivity index (χ3v) is 3.56. The zero-order valence-electron chi connectivity index (χ0n) is 11.0. The van der Waals surface area contributed by atoms with E-state index < -0.39 is 5.97 Å². The van der Waals surface area contributed by atoms with E-state index in [9.17, 15) is 9.18 Å². The lowest BCUT2D eigenvalue weighted by atomic mass is 9.85. The fraction of sp³-hybridized carbons (Fsp3) is 0.400.